The molecule has 2 amide bonds. The van der Waals surface area contributed by atoms with Crippen LogP contribution in [0.2, 0.25) is 0 Å². The normalized spacial score (nSPS) is 35.5. The fourth-order valence-electron chi connectivity index (χ4n) is 4.06. The van der Waals surface area contributed by atoms with Gasteiger partial charge in [0, 0.05) is 19.4 Å². The van der Waals surface area contributed by atoms with Gasteiger partial charge in [-0.3, -0.25) is 14.3 Å². The van der Waals surface area contributed by atoms with Gasteiger partial charge in [0.1, 0.15) is 0 Å². The van der Waals surface area contributed by atoms with Crippen LogP contribution in [-0.4, -0.2) is 32.0 Å². The van der Waals surface area contributed by atoms with E-state index in [-0.39, 0.29) is 29.4 Å². The third kappa shape index (κ3) is 3.22. The van der Waals surface area contributed by atoms with Gasteiger partial charge >= 0.3 is 0 Å². The van der Waals surface area contributed by atoms with Crippen molar-refractivity contribution in [1.82, 2.24) is 10.0 Å². The monoisotopic (exact) mass is 314 g/mol. The quantitative estimate of drug-likeness (QED) is 0.792. The summed E-state index contributed by atoms with van der Waals surface area (Å²) in [6.07, 6.45) is 5.03. The molecule has 0 aromatic rings. The Kier molecular flexibility index (Phi) is 3.94. The second kappa shape index (κ2) is 5.59. The maximum Gasteiger partial charge on any atom is 0.238 e. The Morgan fingerprint density at radius 3 is 2.62 bits per heavy atom. The van der Waals surface area contributed by atoms with Crippen LogP contribution in [-0.2, 0) is 19.6 Å². The Labute approximate surface area is 125 Å². The van der Waals surface area contributed by atoms with Crippen LogP contribution in [0.15, 0.2) is 0 Å². The average molecular weight is 314 g/mol. The lowest BCUT2D eigenvalue weighted by atomic mass is 9.96. The number of sulfonamides is 1. The van der Waals surface area contributed by atoms with Gasteiger partial charge in [0.25, 0.3) is 0 Å². The molecule has 0 aromatic carbocycles. The van der Waals surface area contributed by atoms with Crippen LogP contribution < -0.4 is 10.0 Å². The lowest BCUT2D eigenvalue weighted by molar-refractivity contribution is -0.125. The summed E-state index contributed by atoms with van der Waals surface area (Å²) in [7, 11) is -3.54. The standard InChI is InChI=1S/C14H22N2O4S/c17-13-4-2-10(8-15-13)7-14(18)16-21(19,20)12-6-9-1-3-11(12)5-9/h9-12H,1-8H2,(H,15,17)(H,16,18)/t9-,10?,11+,12?/m1/s1. The highest BCUT2D eigenvalue weighted by molar-refractivity contribution is 7.90. The Bertz CT molecular complexity index is 535. The third-order valence-corrected chi connectivity index (χ3v) is 7.06. The number of amides is 2. The molecule has 1 heterocycles. The van der Waals surface area contributed by atoms with Gasteiger partial charge in [-0.15, -0.1) is 0 Å². The number of carbonyl (C=O) groups excluding carboxylic acids is 2. The fraction of sp³-hybridized carbons (Fsp3) is 0.857. The molecule has 1 saturated heterocycles. The van der Waals surface area contributed by atoms with Crippen LogP contribution in [0, 0.1) is 17.8 Å². The van der Waals surface area contributed by atoms with E-state index in [4.69, 9.17) is 0 Å². The molecule has 3 aliphatic rings. The molecular formula is C14H22N2O4S. The zero-order chi connectivity index (χ0) is 15.0. The molecule has 2 N–H and O–H groups in total. The maximum absolute atomic E-state index is 12.3. The number of fused-ring (bicyclic) bond motifs is 2. The summed E-state index contributed by atoms with van der Waals surface area (Å²) >= 11 is 0. The number of nitrogens with one attached hydrogen (secondary N) is 2. The predicted octanol–water partition coefficient (Wildman–Crippen LogP) is 0.537. The highest BCUT2D eigenvalue weighted by Gasteiger charge is 2.46. The molecule has 3 rings (SSSR count). The van der Waals surface area contributed by atoms with Gasteiger partial charge in [-0.1, -0.05) is 6.42 Å². The van der Waals surface area contributed by atoms with E-state index in [1.165, 1.54) is 0 Å². The van der Waals surface area contributed by atoms with E-state index in [0.717, 1.165) is 19.3 Å². The molecule has 3 fully saturated rings. The Balaban J connectivity index is 1.53. The minimum Gasteiger partial charge on any atom is -0.356 e. The highest BCUT2D eigenvalue weighted by Crippen LogP contribution is 2.47. The van der Waals surface area contributed by atoms with E-state index in [2.05, 4.69) is 10.0 Å². The summed E-state index contributed by atoms with van der Waals surface area (Å²) in [5.41, 5.74) is 0. The van der Waals surface area contributed by atoms with Gasteiger partial charge in [-0.05, 0) is 43.4 Å². The van der Waals surface area contributed by atoms with Gasteiger partial charge < -0.3 is 5.32 Å². The number of rotatable bonds is 4. The van der Waals surface area contributed by atoms with Crippen molar-refractivity contribution < 1.29 is 18.0 Å². The summed E-state index contributed by atoms with van der Waals surface area (Å²) in [4.78, 5) is 23.0. The zero-order valence-electron chi connectivity index (χ0n) is 12.0. The average Bonchev–Trinajstić information content (AvgIpc) is 3.03. The van der Waals surface area contributed by atoms with E-state index in [0.29, 0.717) is 31.7 Å². The van der Waals surface area contributed by atoms with Crippen LogP contribution in [0.1, 0.15) is 44.9 Å². The van der Waals surface area contributed by atoms with Gasteiger partial charge in [-0.2, -0.15) is 0 Å². The van der Waals surface area contributed by atoms with Crippen LogP contribution in [0.5, 0.6) is 0 Å². The van der Waals surface area contributed by atoms with E-state index in [1.54, 1.807) is 0 Å². The third-order valence-electron chi connectivity index (χ3n) is 5.17. The smallest absolute Gasteiger partial charge is 0.238 e. The van der Waals surface area contributed by atoms with Crippen molar-refractivity contribution in [2.45, 2.75) is 50.2 Å². The molecular weight excluding hydrogens is 292 g/mol. The summed E-state index contributed by atoms with van der Waals surface area (Å²) in [5, 5.41) is 2.33. The first-order chi connectivity index (χ1) is 9.94. The maximum atomic E-state index is 12.3. The molecule has 0 aromatic heterocycles. The lowest BCUT2D eigenvalue weighted by Crippen LogP contribution is -2.43. The molecule has 0 spiro atoms. The van der Waals surface area contributed by atoms with Crippen molar-refractivity contribution in [3.05, 3.63) is 0 Å². The van der Waals surface area contributed by atoms with Crippen LogP contribution in [0.4, 0.5) is 0 Å². The Morgan fingerprint density at radius 2 is 2.05 bits per heavy atom. The molecule has 2 aliphatic carbocycles. The molecule has 118 valence electrons. The molecule has 2 saturated carbocycles. The van der Waals surface area contributed by atoms with Gasteiger partial charge in [-0.25, -0.2) is 8.42 Å². The molecule has 2 unspecified atom stereocenters. The number of piperidine rings is 1. The second-order valence-electron chi connectivity index (χ2n) is 6.70. The fourth-order valence-corrected chi connectivity index (χ4v) is 5.89. The summed E-state index contributed by atoms with van der Waals surface area (Å²) in [5.74, 6) is 0.368. The SMILES string of the molecule is O=C1CCC(CC(=O)NS(=O)(=O)C2C[C@@H]3CC[C@H]2C3)CN1. The van der Waals surface area contributed by atoms with E-state index >= 15 is 0 Å². The van der Waals surface area contributed by atoms with Crippen LogP contribution in [0.25, 0.3) is 0 Å². The van der Waals surface area contributed by atoms with Crippen LogP contribution >= 0.6 is 0 Å². The number of hydrogen-bond donors (Lipinski definition) is 2. The van der Waals surface area contributed by atoms with Crippen molar-refractivity contribution >= 4 is 21.8 Å². The van der Waals surface area contributed by atoms with E-state index in [1.807, 2.05) is 0 Å². The number of hydrogen-bond acceptors (Lipinski definition) is 4. The van der Waals surface area contributed by atoms with Crippen molar-refractivity contribution in [2.75, 3.05) is 6.54 Å². The zero-order valence-corrected chi connectivity index (χ0v) is 12.8. The van der Waals surface area contributed by atoms with E-state index < -0.39 is 15.9 Å². The summed E-state index contributed by atoms with van der Waals surface area (Å²) in [6.45, 7) is 0.459. The molecule has 1 aliphatic heterocycles. The molecule has 6 nitrogen and oxygen atoms in total. The van der Waals surface area contributed by atoms with Gasteiger partial charge in [0.15, 0.2) is 0 Å². The van der Waals surface area contributed by atoms with Crippen molar-refractivity contribution in [3.63, 3.8) is 0 Å². The van der Waals surface area contributed by atoms with Crippen molar-refractivity contribution in [1.29, 1.82) is 0 Å². The minimum absolute atomic E-state index is 0.00117. The first kappa shape index (κ1) is 14.8. The Hall–Kier alpha value is -1.11. The number of carbonyl (C=O) groups is 2. The molecule has 7 heteroatoms. The van der Waals surface area contributed by atoms with Crippen molar-refractivity contribution in [3.8, 4) is 0 Å². The van der Waals surface area contributed by atoms with Crippen LogP contribution in [0.3, 0.4) is 0 Å². The first-order valence-corrected chi connectivity index (χ1v) is 9.30. The van der Waals surface area contributed by atoms with E-state index in [9.17, 15) is 18.0 Å². The summed E-state index contributed by atoms with van der Waals surface area (Å²) < 4.78 is 26.9. The highest BCUT2D eigenvalue weighted by atomic mass is 32.2. The largest absolute Gasteiger partial charge is 0.356 e. The Morgan fingerprint density at radius 1 is 1.24 bits per heavy atom. The molecule has 4 atom stereocenters. The molecule has 0 radical (unpaired) electrons. The first-order valence-electron chi connectivity index (χ1n) is 7.75. The topological polar surface area (TPSA) is 92.3 Å². The molecule has 2 bridgehead atoms. The van der Waals surface area contributed by atoms with Crippen molar-refractivity contribution in [2.24, 2.45) is 17.8 Å². The lowest BCUT2D eigenvalue weighted by Gasteiger charge is -2.24. The summed E-state index contributed by atoms with van der Waals surface area (Å²) in [6, 6.07) is 0. The second-order valence-corrected chi connectivity index (χ2v) is 8.60. The van der Waals surface area contributed by atoms with Gasteiger partial charge in [0.05, 0.1) is 5.25 Å². The molecule has 21 heavy (non-hydrogen) atoms. The predicted molar refractivity (Wildman–Crippen MR) is 76.6 cm³/mol. The van der Waals surface area contributed by atoms with Gasteiger partial charge in [0.2, 0.25) is 21.8 Å². The minimum atomic E-state index is -3.54.